The number of rotatable bonds is 3. The van der Waals surface area contributed by atoms with Crippen molar-refractivity contribution >= 4 is 17.4 Å². The van der Waals surface area contributed by atoms with E-state index >= 15 is 0 Å². The lowest BCUT2D eigenvalue weighted by Gasteiger charge is -2.32. The number of nitrogens with zero attached hydrogens (tertiary/aromatic N) is 2. The van der Waals surface area contributed by atoms with Crippen LogP contribution in [0.2, 0.25) is 5.02 Å². The SMILES string of the molecule is O=c1cc(N2CCC(Oc3ccccc3Cl)CC2)nc[nH]1. The fourth-order valence-electron chi connectivity index (χ4n) is 2.45. The molecule has 1 aromatic heterocycles. The van der Waals surface area contributed by atoms with E-state index in [1.807, 2.05) is 24.3 Å². The summed E-state index contributed by atoms with van der Waals surface area (Å²) in [6.07, 6.45) is 3.33. The van der Waals surface area contributed by atoms with Gasteiger partial charge in [0.1, 0.15) is 17.7 Å². The number of nitrogens with one attached hydrogen (secondary N) is 1. The van der Waals surface area contributed by atoms with Gasteiger partial charge in [-0.05, 0) is 12.1 Å². The smallest absolute Gasteiger partial charge is 0.252 e. The molecule has 0 spiro atoms. The van der Waals surface area contributed by atoms with Crippen molar-refractivity contribution < 1.29 is 4.74 Å². The van der Waals surface area contributed by atoms with Crippen molar-refractivity contribution in [2.45, 2.75) is 18.9 Å². The van der Waals surface area contributed by atoms with Gasteiger partial charge in [-0.3, -0.25) is 4.79 Å². The van der Waals surface area contributed by atoms with Crippen LogP contribution in [0.15, 0.2) is 41.5 Å². The molecule has 110 valence electrons. The molecule has 3 rings (SSSR count). The quantitative estimate of drug-likeness (QED) is 0.946. The highest BCUT2D eigenvalue weighted by molar-refractivity contribution is 6.32. The van der Waals surface area contributed by atoms with Gasteiger partial charge in [0.05, 0.1) is 11.3 Å². The number of hydrogen-bond donors (Lipinski definition) is 1. The highest BCUT2D eigenvalue weighted by Crippen LogP contribution is 2.27. The Morgan fingerprint density at radius 3 is 2.76 bits per heavy atom. The van der Waals surface area contributed by atoms with Crippen molar-refractivity contribution in [2.75, 3.05) is 18.0 Å². The number of halogens is 1. The second kappa shape index (κ2) is 6.18. The molecule has 21 heavy (non-hydrogen) atoms. The lowest BCUT2D eigenvalue weighted by Crippen LogP contribution is -2.39. The van der Waals surface area contributed by atoms with E-state index in [-0.39, 0.29) is 11.7 Å². The molecule has 2 aromatic rings. The fraction of sp³-hybridized carbons (Fsp3) is 0.333. The molecular formula is C15H16ClN3O2. The second-order valence-corrected chi connectivity index (χ2v) is 5.41. The van der Waals surface area contributed by atoms with Crippen molar-refractivity contribution in [2.24, 2.45) is 0 Å². The molecular weight excluding hydrogens is 290 g/mol. The zero-order valence-corrected chi connectivity index (χ0v) is 12.2. The van der Waals surface area contributed by atoms with Gasteiger partial charge in [0, 0.05) is 32.0 Å². The summed E-state index contributed by atoms with van der Waals surface area (Å²) in [4.78, 5) is 20.1. The molecule has 0 saturated carbocycles. The summed E-state index contributed by atoms with van der Waals surface area (Å²) in [7, 11) is 0. The lowest BCUT2D eigenvalue weighted by atomic mass is 10.1. The van der Waals surface area contributed by atoms with Gasteiger partial charge >= 0.3 is 0 Å². The standard InChI is InChI=1S/C15H16ClN3O2/c16-12-3-1-2-4-13(12)21-11-5-7-19(8-6-11)14-9-15(20)18-10-17-14/h1-4,9-11H,5-8H2,(H,17,18,20). The minimum absolute atomic E-state index is 0.130. The van der Waals surface area contributed by atoms with Crippen LogP contribution in [0.25, 0.3) is 0 Å². The first-order chi connectivity index (χ1) is 10.2. The monoisotopic (exact) mass is 305 g/mol. The molecule has 0 unspecified atom stereocenters. The maximum atomic E-state index is 11.3. The van der Waals surface area contributed by atoms with Crippen molar-refractivity contribution in [3.05, 3.63) is 52.0 Å². The third-order valence-electron chi connectivity index (χ3n) is 3.56. The summed E-state index contributed by atoms with van der Waals surface area (Å²) in [5.74, 6) is 1.45. The number of para-hydroxylation sites is 1. The Morgan fingerprint density at radius 1 is 1.29 bits per heavy atom. The first kappa shape index (κ1) is 13.9. The van der Waals surface area contributed by atoms with Crippen LogP contribution in [0.4, 0.5) is 5.82 Å². The molecule has 0 radical (unpaired) electrons. The molecule has 0 amide bonds. The highest BCUT2D eigenvalue weighted by Gasteiger charge is 2.22. The van der Waals surface area contributed by atoms with Crippen molar-refractivity contribution in [1.82, 2.24) is 9.97 Å². The van der Waals surface area contributed by atoms with Crippen molar-refractivity contribution in [3.8, 4) is 5.75 Å². The predicted molar refractivity (Wildman–Crippen MR) is 82.2 cm³/mol. The number of piperidine rings is 1. The van der Waals surface area contributed by atoms with Crippen molar-refractivity contribution in [1.29, 1.82) is 0 Å². The van der Waals surface area contributed by atoms with Gasteiger partial charge in [0.2, 0.25) is 0 Å². The van der Waals surface area contributed by atoms with Crippen LogP contribution in [0.3, 0.4) is 0 Å². The molecule has 0 atom stereocenters. The van der Waals surface area contributed by atoms with Gasteiger partial charge in [0.25, 0.3) is 5.56 Å². The number of benzene rings is 1. The van der Waals surface area contributed by atoms with E-state index in [1.165, 1.54) is 12.4 Å². The second-order valence-electron chi connectivity index (χ2n) is 5.00. The molecule has 1 aromatic carbocycles. The summed E-state index contributed by atoms with van der Waals surface area (Å²) < 4.78 is 5.95. The summed E-state index contributed by atoms with van der Waals surface area (Å²) in [6, 6.07) is 9.03. The van der Waals surface area contributed by atoms with Crippen LogP contribution in [-0.2, 0) is 0 Å². The minimum Gasteiger partial charge on any atom is -0.489 e. The van der Waals surface area contributed by atoms with Crippen LogP contribution >= 0.6 is 11.6 Å². The Kier molecular flexibility index (Phi) is 4.10. The van der Waals surface area contributed by atoms with E-state index in [0.29, 0.717) is 5.02 Å². The molecule has 0 bridgehead atoms. The average molecular weight is 306 g/mol. The van der Waals surface area contributed by atoms with Crippen molar-refractivity contribution in [3.63, 3.8) is 0 Å². The van der Waals surface area contributed by atoms with E-state index < -0.39 is 0 Å². The third-order valence-corrected chi connectivity index (χ3v) is 3.87. The average Bonchev–Trinajstić information content (AvgIpc) is 2.50. The van der Waals surface area contributed by atoms with Gasteiger partial charge in [-0.1, -0.05) is 23.7 Å². The summed E-state index contributed by atoms with van der Waals surface area (Å²) in [5, 5.41) is 0.635. The van der Waals surface area contributed by atoms with Gasteiger partial charge in [-0.25, -0.2) is 4.98 Å². The molecule has 0 aliphatic carbocycles. The normalized spacial score (nSPS) is 16.0. The lowest BCUT2D eigenvalue weighted by molar-refractivity contribution is 0.171. The fourth-order valence-corrected chi connectivity index (χ4v) is 2.63. The molecule has 2 heterocycles. The van der Waals surface area contributed by atoms with Crippen LogP contribution in [-0.4, -0.2) is 29.2 Å². The van der Waals surface area contributed by atoms with E-state index in [1.54, 1.807) is 0 Å². The van der Waals surface area contributed by atoms with Gasteiger partial charge in [-0.15, -0.1) is 0 Å². The summed E-state index contributed by atoms with van der Waals surface area (Å²) in [5.41, 5.74) is -0.130. The Morgan fingerprint density at radius 2 is 2.05 bits per heavy atom. The van der Waals surface area contributed by atoms with Gasteiger partial charge in [0.15, 0.2) is 0 Å². The van der Waals surface area contributed by atoms with E-state index in [4.69, 9.17) is 16.3 Å². The highest BCUT2D eigenvalue weighted by atomic mass is 35.5. The van der Waals surface area contributed by atoms with Gasteiger partial charge < -0.3 is 14.6 Å². The Bertz CT molecular complexity index is 666. The van der Waals surface area contributed by atoms with Crippen LogP contribution in [0.5, 0.6) is 5.75 Å². The molecule has 1 N–H and O–H groups in total. The number of anilines is 1. The Labute approximate surface area is 127 Å². The van der Waals surface area contributed by atoms with Crippen LogP contribution < -0.4 is 15.2 Å². The maximum Gasteiger partial charge on any atom is 0.252 e. The van der Waals surface area contributed by atoms with Gasteiger partial charge in [-0.2, -0.15) is 0 Å². The van der Waals surface area contributed by atoms with E-state index in [9.17, 15) is 4.79 Å². The molecule has 5 nitrogen and oxygen atoms in total. The van der Waals surface area contributed by atoms with Crippen LogP contribution in [0.1, 0.15) is 12.8 Å². The topological polar surface area (TPSA) is 58.2 Å². The van der Waals surface area contributed by atoms with E-state index in [2.05, 4.69) is 14.9 Å². The first-order valence-electron chi connectivity index (χ1n) is 6.93. The number of ether oxygens (including phenoxy) is 1. The zero-order chi connectivity index (χ0) is 14.7. The number of hydrogen-bond acceptors (Lipinski definition) is 4. The Hall–Kier alpha value is -2.01. The zero-order valence-electron chi connectivity index (χ0n) is 11.5. The predicted octanol–water partition coefficient (Wildman–Crippen LogP) is 2.47. The first-order valence-corrected chi connectivity index (χ1v) is 7.31. The molecule has 1 saturated heterocycles. The molecule has 1 aliphatic rings. The minimum atomic E-state index is -0.130. The summed E-state index contributed by atoms with van der Waals surface area (Å²) >= 11 is 6.10. The number of aromatic amines is 1. The number of aromatic nitrogens is 2. The molecule has 1 aliphatic heterocycles. The summed E-state index contributed by atoms with van der Waals surface area (Å²) in [6.45, 7) is 1.62. The molecule has 1 fully saturated rings. The Balaban J connectivity index is 1.60. The van der Waals surface area contributed by atoms with E-state index in [0.717, 1.165) is 37.5 Å². The van der Waals surface area contributed by atoms with Crippen LogP contribution in [0, 0.1) is 0 Å². The number of H-pyrrole nitrogens is 1. The molecule has 6 heteroatoms. The third kappa shape index (κ3) is 3.36. The largest absolute Gasteiger partial charge is 0.489 e. The maximum absolute atomic E-state index is 11.3.